The average molecular weight is 561 g/mol. The molecule has 2 bridgehead atoms. The van der Waals surface area contributed by atoms with Gasteiger partial charge in [0.05, 0.1) is 22.4 Å². The maximum absolute atomic E-state index is 14.4. The maximum Gasteiger partial charge on any atom is 0.274 e. The number of ketones is 1. The van der Waals surface area contributed by atoms with E-state index in [0.717, 1.165) is 37.8 Å². The molecule has 2 atom stereocenters. The van der Waals surface area contributed by atoms with E-state index in [1.807, 2.05) is 55.5 Å². The van der Waals surface area contributed by atoms with Gasteiger partial charge in [-0.15, -0.1) is 0 Å². The fraction of sp³-hybridized carbons (Fsp3) is 0.176. The molecule has 0 aromatic heterocycles. The predicted molar refractivity (Wildman–Crippen MR) is 153 cm³/mol. The van der Waals surface area contributed by atoms with Gasteiger partial charge < -0.3 is 0 Å². The van der Waals surface area contributed by atoms with Crippen molar-refractivity contribution in [1.82, 2.24) is 10.0 Å². The van der Waals surface area contributed by atoms with Gasteiger partial charge in [-0.05, 0) is 41.3 Å². The minimum absolute atomic E-state index is 0.107. The number of imide groups is 1. The zero-order chi connectivity index (χ0) is 28.4. The van der Waals surface area contributed by atoms with Crippen LogP contribution >= 0.6 is 11.6 Å². The van der Waals surface area contributed by atoms with Gasteiger partial charge in [0.25, 0.3) is 17.7 Å². The number of hydrogen-bond acceptors (Lipinski definition) is 4. The molecule has 6 nitrogen and oxygen atoms in total. The molecular formula is C34H25ClN2O4. The van der Waals surface area contributed by atoms with E-state index in [4.69, 9.17) is 11.6 Å². The van der Waals surface area contributed by atoms with Crippen molar-refractivity contribution in [1.29, 1.82) is 0 Å². The largest absolute Gasteiger partial charge is 0.292 e. The second-order valence-corrected chi connectivity index (χ2v) is 11.3. The number of carbonyl (C=O) groups is 4. The molecule has 4 aliphatic rings. The lowest BCUT2D eigenvalue weighted by molar-refractivity contribution is -0.154. The Balaban J connectivity index is 1.34. The van der Waals surface area contributed by atoms with Crippen molar-refractivity contribution in [2.45, 2.75) is 18.8 Å². The third-order valence-corrected chi connectivity index (χ3v) is 9.00. The Hall–Kier alpha value is -4.55. The van der Waals surface area contributed by atoms with Gasteiger partial charge in [-0.1, -0.05) is 102 Å². The molecule has 0 unspecified atom stereocenters. The summed E-state index contributed by atoms with van der Waals surface area (Å²) in [5.74, 6) is -4.06. The lowest BCUT2D eigenvalue weighted by Crippen LogP contribution is -2.52. The van der Waals surface area contributed by atoms with Gasteiger partial charge in [0.1, 0.15) is 6.54 Å². The van der Waals surface area contributed by atoms with Crippen molar-refractivity contribution in [3.05, 3.63) is 141 Å². The molecule has 8 rings (SSSR count). The molecule has 1 heterocycles. The number of halogens is 1. The van der Waals surface area contributed by atoms with E-state index in [0.29, 0.717) is 5.56 Å². The van der Waals surface area contributed by atoms with Gasteiger partial charge in [0.2, 0.25) is 0 Å². The minimum atomic E-state index is -0.687. The van der Waals surface area contributed by atoms with E-state index >= 15 is 0 Å². The third-order valence-electron chi connectivity index (χ3n) is 8.67. The van der Waals surface area contributed by atoms with E-state index in [2.05, 4.69) is 0 Å². The Labute approximate surface area is 242 Å². The highest BCUT2D eigenvalue weighted by atomic mass is 35.5. The number of hydrazine groups is 1. The lowest BCUT2D eigenvalue weighted by atomic mass is 9.55. The molecule has 1 saturated heterocycles. The van der Waals surface area contributed by atoms with Crippen LogP contribution in [0.4, 0.5) is 0 Å². The average Bonchev–Trinajstić information content (AvgIpc) is 3.26. The highest BCUT2D eigenvalue weighted by molar-refractivity contribution is 6.34. The molecule has 3 aliphatic carbocycles. The van der Waals surface area contributed by atoms with Crippen LogP contribution in [0.1, 0.15) is 60.4 Å². The summed E-state index contributed by atoms with van der Waals surface area (Å²) >= 11 is 6.39. The summed E-state index contributed by atoms with van der Waals surface area (Å²) < 4.78 is 0. The van der Waals surface area contributed by atoms with Crippen LogP contribution in [0.5, 0.6) is 0 Å². The zero-order valence-corrected chi connectivity index (χ0v) is 22.9. The van der Waals surface area contributed by atoms with E-state index in [1.165, 1.54) is 6.07 Å². The van der Waals surface area contributed by atoms with Crippen molar-refractivity contribution in [2.75, 3.05) is 6.54 Å². The van der Waals surface area contributed by atoms with E-state index < -0.39 is 41.9 Å². The zero-order valence-electron chi connectivity index (χ0n) is 22.2. The molecule has 202 valence electrons. The first kappa shape index (κ1) is 25.4. The number of hydrogen-bond donors (Lipinski definition) is 0. The number of Topliss-reactive ketones (excluding diaryl/α,β-unsaturated/α-hetero) is 1. The van der Waals surface area contributed by atoms with Crippen LogP contribution in [0.3, 0.4) is 0 Å². The normalized spacial score (nSPS) is 21.8. The first-order valence-corrected chi connectivity index (χ1v) is 14.0. The number of amides is 3. The van der Waals surface area contributed by atoms with Crippen LogP contribution in [0.2, 0.25) is 5.02 Å². The molecule has 41 heavy (non-hydrogen) atoms. The second-order valence-electron chi connectivity index (χ2n) is 10.9. The molecule has 1 aliphatic heterocycles. The molecule has 7 heteroatoms. The number of nitrogens with zero attached hydrogens (tertiary/aromatic N) is 2. The van der Waals surface area contributed by atoms with Crippen LogP contribution in [-0.2, 0) is 9.59 Å². The molecule has 0 saturated carbocycles. The van der Waals surface area contributed by atoms with Crippen molar-refractivity contribution < 1.29 is 19.2 Å². The SMILES string of the molecule is Cc1ccc(C(=O)CN(C(=O)c2ccccc2Cl)N2C(=O)[C@@H]3C4c5ccccc5C(c5ccccc54)[C@@H]3C2=O)cc1. The highest BCUT2D eigenvalue weighted by Crippen LogP contribution is 2.61. The van der Waals surface area contributed by atoms with Gasteiger partial charge in [0.15, 0.2) is 5.78 Å². The molecule has 0 spiro atoms. The van der Waals surface area contributed by atoms with E-state index in [9.17, 15) is 19.2 Å². The van der Waals surface area contributed by atoms with Crippen molar-refractivity contribution in [3.8, 4) is 0 Å². The summed E-state index contributed by atoms with van der Waals surface area (Å²) in [6.45, 7) is 1.42. The van der Waals surface area contributed by atoms with Gasteiger partial charge in [0, 0.05) is 17.4 Å². The fourth-order valence-corrected chi connectivity index (χ4v) is 7.09. The van der Waals surface area contributed by atoms with Gasteiger partial charge in [-0.25, -0.2) is 5.01 Å². The Morgan fingerprint density at radius 3 is 1.66 bits per heavy atom. The molecule has 3 amide bonds. The van der Waals surface area contributed by atoms with Gasteiger partial charge in [-0.2, -0.15) is 5.01 Å². The van der Waals surface area contributed by atoms with Crippen molar-refractivity contribution in [3.63, 3.8) is 0 Å². The van der Waals surface area contributed by atoms with Crippen LogP contribution in [0.25, 0.3) is 0 Å². The predicted octanol–water partition coefficient (Wildman–Crippen LogP) is 5.78. The Morgan fingerprint density at radius 2 is 1.17 bits per heavy atom. The number of rotatable bonds is 5. The summed E-state index contributed by atoms with van der Waals surface area (Å²) in [6, 6.07) is 29.3. The standard InChI is InChI=1S/C34H25ClN2O4/c1-19-14-16-20(17-15-19)27(38)18-36(32(39)25-12-6-7-13-26(25)35)37-33(40)30-28-21-8-2-3-9-22(21)29(31(30)34(37)41)24-11-5-4-10-23(24)28/h2-17,28-31H,18H2,1H3/t28?,29?,30-,31+. The summed E-state index contributed by atoms with van der Waals surface area (Å²) in [5, 5.41) is 2.10. The lowest BCUT2D eigenvalue weighted by Gasteiger charge is -2.45. The highest BCUT2D eigenvalue weighted by Gasteiger charge is 2.63. The first-order chi connectivity index (χ1) is 19.9. The van der Waals surface area contributed by atoms with E-state index in [-0.39, 0.29) is 22.4 Å². The van der Waals surface area contributed by atoms with Crippen LogP contribution < -0.4 is 0 Å². The van der Waals surface area contributed by atoms with Gasteiger partial charge in [-0.3, -0.25) is 19.2 Å². The Morgan fingerprint density at radius 1 is 0.707 bits per heavy atom. The van der Waals surface area contributed by atoms with Crippen molar-refractivity contribution in [2.24, 2.45) is 11.8 Å². The van der Waals surface area contributed by atoms with Crippen LogP contribution in [0.15, 0.2) is 97.1 Å². The summed E-state index contributed by atoms with van der Waals surface area (Å²) in [4.78, 5) is 56.2. The van der Waals surface area contributed by atoms with Crippen LogP contribution in [-0.4, -0.2) is 40.1 Å². The third kappa shape index (κ3) is 3.78. The number of carbonyl (C=O) groups excluding carboxylic acids is 4. The molecular weight excluding hydrogens is 536 g/mol. The smallest absolute Gasteiger partial charge is 0.274 e. The summed E-state index contributed by atoms with van der Waals surface area (Å²) in [5.41, 5.74) is 5.58. The Kier molecular flexibility index (Phi) is 5.91. The maximum atomic E-state index is 14.4. The monoisotopic (exact) mass is 560 g/mol. The van der Waals surface area contributed by atoms with Crippen molar-refractivity contribution >= 4 is 35.1 Å². The molecule has 1 fully saturated rings. The molecule has 4 aromatic carbocycles. The number of aryl methyl sites for hydroxylation is 1. The quantitative estimate of drug-likeness (QED) is 0.229. The van der Waals surface area contributed by atoms with E-state index in [1.54, 1.807) is 42.5 Å². The molecule has 4 aromatic rings. The van der Waals surface area contributed by atoms with Crippen LogP contribution in [0, 0.1) is 18.8 Å². The minimum Gasteiger partial charge on any atom is -0.292 e. The topological polar surface area (TPSA) is 74.8 Å². The molecule has 0 radical (unpaired) electrons. The number of benzene rings is 4. The fourth-order valence-electron chi connectivity index (χ4n) is 6.87. The molecule has 0 N–H and O–H groups in total. The summed E-state index contributed by atoms with van der Waals surface area (Å²) in [7, 11) is 0. The second kappa shape index (κ2) is 9.53. The summed E-state index contributed by atoms with van der Waals surface area (Å²) in [6.07, 6.45) is 0. The van der Waals surface area contributed by atoms with Gasteiger partial charge >= 0.3 is 0 Å². The Bertz CT molecular complexity index is 1650. The first-order valence-electron chi connectivity index (χ1n) is 13.6.